The van der Waals surface area contributed by atoms with Gasteiger partial charge < -0.3 is 4.57 Å². The van der Waals surface area contributed by atoms with Crippen LogP contribution in [0.4, 0.5) is 0 Å². The number of rotatable bonds is 6. The maximum Gasteiger partial charge on any atom is 0.130 e. The first kappa shape index (κ1) is 19.6. The Morgan fingerprint density at radius 2 is 1.80 bits per heavy atom. The summed E-state index contributed by atoms with van der Waals surface area (Å²) in [7, 11) is 0. The van der Waals surface area contributed by atoms with Crippen molar-refractivity contribution in [3.05, 3.63) is 111 Å². The van der Waals surface area contributed by atoms with Crippen LogP contribution in [0.2, 0.25) is 5.02 Å². The minimum Gasteiger partial charge on any atom is -0.318 e. The van der Waals surface area contributed by atoms with E-state index in [0.29, 0.717) is 0 Å². The minimum absolute atomic E-state index is 0.512. The molecule has 0 spiro atoms. The van der Waals surface area contributed by atoms with E-state index in [1.165, 1.54) is 41.9 Å². The zero-order chi connectivity index (χ0) is 20.4. The first-order valence-electron chi connectivity index (χ1n) is 10.4. The van der Waals surface area contributed by atoms with Gasteiger partial charge in [-0.25, -0.2) is 4.98 Å². The van der Waals surface area contributed by atoms with Crippen LogP contribution in [-0.4, -0.2) is 27.5 Å². The van der Waals surface area contributed by atoms with Gasteiger partial charge in [0, 0.05) is 28.8 Å². The van der Waals surface area contributed by atoms with E-state index in [1.807, 2.05) is 30.9 Å². The van der Waals surface area contributed by atoms with Crippen LogP contribution in [0, 0.1) is 0 Å². The fraction of sp³-hybridized carbons (Fsp3) is 0.240. The highest BCUT2D eigenvalue weighted by Crippen LogP contribution is 2.43. The van der Waals surface area contributed by atoms with E-state index in [9.17, 15) is 0 Å². The lowest BCUT2D eigenvalue weighted by atomic mass is 9.80. The smallest absolute Gasteiger partial charge is 0.130 e. The highest BCUT2D eigenvalue weighted by Gasteiger charge is 2.39. The van der Waals surface area contributed by atoms with Gasteiger partial charge in [-0.15, -0.1) is 11.3 Å². The Morgan fingerprint density at radius 1 is 0.967 bits per heavy atom. The number of hydrogen-bond donors (Lipinski definition) is 0. The molecule has 1 saturated heterocycles. The summed E-state index contributed by atoms with van der Waals surface area (Å²) >= 11 is 8.21. The minimum atomic E-state index is -0.512. The van der Waals surface area contributed by atoms with E-state index in [-0.39, 0.29) is 0 Å². The topological polar surface area (TPSA) is 21.1 Å². The summed E-state index contributed by atoms with van der Waals surface area (Å²) in [4.78, 5) is 8.15. The van der Waals surface area contributed by atoms with Crippen LogP contribution >= 0.6 is 22.9 Å². The van der Waals surface area contributed by atoms with Crippen molar-refractivity contribution in [2.45, 2.75) is 24.9 Å². The Balaban J connectivity index is 1.66. The molecule has 152 valence electrons. The summed E-state index contributed by atoms with van der Waals surface area (Å²) < 4.78 is 2.19. The van der Waals surface area contributed by atoms with Crippen molar-refractivity contribution in [2.24, 2.45) is 0 Å². The molecule has 0 bridgehead atoms. The standard InChI is InChI=1S/C25H24ClN3S/c26-23-6-3-5-22(17-23)25(24-7-4-16-30-24,29-15-12-27-19-29)21-10-8-20(9-11-21)18-28-13-1-2-14-28/h3-12,15-17,19H,1-2,13-14,18H2. The average molecular weight is 434 g/mol. The van der Waals surface area contributed by atoms with Gasteiger partial charge in [0.25, 0.3) is 0 Å². The summed E-state index contributed by atoms with van der Waals surface area (Å²) in [5, 5.41) is 2.87. The predicted molar refractivity (Wildman–Crippen MR) is 124 cm³/mol. The van der Waals surface area contributed by atoms with Gasteiger partial charge in [0.05, 0.1) is 6.33 Å². The molecule has 5 rings (SSSR count). The van der Waals surface area contributed by atoms with E-state index >= 15 is 0 Å². The molecular weight excluding hydrogens is 410 g/mol. The number of imidazole rings is 1. The lowest BCUT2D eigenvalue weighted by molar-refractivity contribution is 0.331. The van der Waals surface area contributed by atoms with Gasteiger partial charge in [0.2, 0.25) is 0 Å². The van der Waals surface area contributed by atoms with E-state index < -0.39 is 5.54 Å². The molecule has 3 nitrogen and oxygen atoms in total. The van der Waals surface area contributed by atoms with Gasteiger partial charge >= 0.3 is 0 Å². The molecule has 0 saturated carbocycles. The zero-order valence-corrected chi connectivity index (χ0v) is 18.3. The summed E-state index contributed by atoms with van der Waals surface area (Å²) in [5.74, 6) is 0. The molecule has 1 fully saturated rings. The monoisotopic (exact) mass is 433 g/mol. The fourth-order valence-corrected chi connectivity index (χ4v) is 5.75. The third-order valence-corrected chi connectivity index (χ3v) is 7.20. The van der Waals surface area contributed by atoms with Crippen LogP contribution in [0.5, 0.6) is 0 Å². The Kier molecular flexibility index (Phi) is 5.47. The van der Waals surface area contributed by atoms with Crippen molar-refractivity contribution in [1.82, 2.24) is 14.5 Å². The first-order valence-corrected chi connectivity index (χ1v) is 11.6. The van der Waals surface area contributed by atoms with Crippen LogP contribution in [-0.2, 0) is 12.1 Å². The molecule has 4 aromatic rings. The Hall–Kier alpha value is -2.40. The third-order valence-electron chi connectivity index (χ3n) is 5.99. The number of benzene rings is 2. The van der Waals surface area contributed by atoms with Crippen molar-refractivity contribution < 1.29 is 0 Å². The van der Waals surface area contributed by atoms with Crippen molar-refractivity contribution in [1.29, 1.82) is 0 Å². The molecule has 2 aromatic carbocycles. The second kappa shape index (κ2) is 8.38. The van der Waals surface area contributed by atoms with Crippen LogP contribution in [0.25, 0.3) is 0 Å². The van der Waals surface area contributed by atoms with Gasteiger partial charge in [0.1, 0.15) is 5.54 Å². The number of nitrogens with zero attached hydrogens (tertiary/aromatic N) is 3. The molecule has 0 radical (unpaired) electrons. The molecule has 0 amide bonds. The number of likely N-dealkylation sites (tertiary alicyclic amines) is 1. The number of thiophene rings is 1. The number of aromatic nitrogens is 2. The van der Waals surface area contributed by atoms with Crippen molar-refractivity contribution in [3.8, 4) is 0 Å². The maximum atomic E-state index is 6.45. The van der Waals surface area contributed by atoms with E-state index in [2.05, 4.69) is 68.4 Å². The third kappa shape index (κ3) is 3.49. The molecule has 30 heavy (non-hydrogen) atoms. The molecule has 1 unspecified atom stereocenters. The van der Waals surface area contributed by atoms with Crippen LogP contribution < -0.4 is 0 Å². The van der Waals surface area contributed by atoms with Gasteiger partial charge in [-0.2, -0.15) is 0 Å². The summed E-state index contributed by atoms with van der Waals surface area (Å²) in [6.45, 7) is 3.44. The van der Waals surface area contributed by atoms with Crippen molar-refractivity contribution in [3.63, 3.8) is 0 Å². The van der Waals surface area contributed by atoms with E-state index in [1.54, 1.807) is 11.3 Å². The normalized spacial score (nSPS) is 16.6. The molecule has 5 heteroatoms. The van der Waals surface area contributed by atoms with Crippen LogP contribution in [0.1, 0.15) is 34.4 Å². The van der Waals surface area contributed by atoms with Crippen LogP contribution in [0.15, 0.2) is 84.8 Å². The predicted octanol–water partition coefficient (Wildman–Crippen LogP) is 6.03. The Bertz CT molecular complexity index is 1050. The Morgan fingerprint density at radius 3 is 2.47 bits per heavy atom. The molecule has 1 aliphatic rings. The molecule has 0 aliphatic carbocycles. The molecular formula is C25H24ClN3S. The van der Waals surface area contributed by atoms with Gasteiger partial charge in [-0.05, 0) is 66.2 Å². The Labute approximate surface area is 186 Å². The van der Waals surface area contributed by atoms with Gasteiger partial charge in [-0.3, -0.25) is 4.90 Å². The van der Waals surface area contributed by atoms with E-state index in [0.717, 1.165) is 17.1 Å². The van der Waals surface area contributed by atoms with E-state index in [4.69, 9.17) is 11.6 Å². The van der Waals surface area contributed by atoms with Gasteiger partial charge in [-0.1, -0.05) is 54.1 Å². The van der Waals surface area contributed by atoms with Crippen molar-refractivity contribution in [2.75, 3.05) is 13.1 Å². The number of hydrogen-bond acceptors (Lipinski definition) is 3. The highest BCUT2D eigenvalue weighted by atomic mass is 35.5. The zero-order valence-electron chi connectivity index (χ0n) is 16.7. The SMILES string of the molecule is Clc1cccc(C(c2ccc(CN3CCCC3)cc2)(c2cccs2)n2ccnc2)c1. The molecule has 1 aliphatic heterocycles. The van der Waals surface area contributed by atoms with Crippen LogP contribution in [0.3, 0.4) is 0 Å². The van der Waals surface area contributed by atoms with Gasteiger partial charge in [0.15, 0.2) is 0 Å². The molecule has 1 atom stereocenters. The highest BCUT2D eigenvalue weighted by molar-refractivity contribution is 7.10. The lowest BCUT2D eigenvalue weighted by Crippen LogP contribution is -2.36. The largest absolute Gasteiger partial charge is 0.318 e. The summed E-state index contributed by atoms with van der Waals surface area (Å²) in [6, 6.07) is 21.6. The first-order chi connectivity index (χ1) is 14.8. The fourth-order valence-electron chi connectivity index (χ4n) is 4.58. The molecule has 0 N–H and O–H groups in total. The lowest BCUT2D eigenvalue weighted by Gasteiger charge is -2.36. The maximum absolute atomic E-state index is 6.45. The quantitative estimate of drug-likeness (QED) is 0.370. The second-order valence-electron chi connectivity index (χ2n) is 7.85. The number of halogens is 1. The summed E-state index contributed by atoms with van der Waals surface area (Å²) in [5.41, 5.74) is 3.18. The molecule has 3 heterocycles. The summed E-state index contributed by atoms with van der Waals surface area (Å²) in [6.07, 6.45) is 8.41. The second-order valence-corrected chi connectivity index (χ2v) is 9.23. The van der Waals surface area contributed by atoms with Crippen molar-refractivity contribution >= 4 is 22.9 Å². The average Bonchev–Trinajstić information content (AvgIpc) is 3.55. The molecule has 2 aromatic heterocycles.